The Hall–Kier alpha value is -0.590. The van der Waals surface area contributed by atoms with Crippen molar-refractivity contribution in [2.45, 2.75) is 46.3 Å². The van der Waals surface area contributed by atoms with E-state index in [1.165, 1.54) is 0 Å². The molecule has 1 unspecified atom stereocenters. The molecule has 19 heavy (non-hydrogen) atoms. The third kappa shape index (κ3) is 9.02. The van der Waals surface area contributed by atoms with Crippen LogP contribution in [0.2, 0.25) is 0 Å². The number of hydrogen-bond donors (Lipinski definition) is 0. The maximum atomic E-state index is 12.0. The smallest absolute Gasteiger partial charge is 0.339 e. The van der Waals surface area contributed by atoms with E-state index >= 15 is 0 Å². The van der Waals surface area contributed by atoms with Crippen LogP contribution in [0.3, 0.4) is 0 Å². The molecule has 0 spiro atoms. The van der Waals surface area contributed by atoms with Crippen LogP contribution in [0.4, 0.5) is 13.2 Å². The van der Waals surface area contributed by atoms with Crippen molar-refractivity contribution in [3.63, 3.8) is 0 Å². The molecule has 0 saturated carbocycles. The molecule has 0 heterocycles. The van der Waals surface area contributed by atoms with E-state index in [4.69, 9.17) is 0 Å². The van der Waals surface area contributed by atoms with Gasteiger partial charge in [-0.05, 0) is 19.8 Å². The molecule has 1 amide bonds. The molecule has 0 aliphatic rings. The van der Waals surface area contributed by atoms with E-state index in [0.29, 0.717) is 6.54 Å². The average Bonchev–Trinajstić information content (AvgIpc) is 2.21. The monoisotopic (exact) mass is 301 g/mol. The van der Waals surface area contributed by atoms with Crippen LogP contribution >= 0.6 is 0 Å². The molecule has 0 rings (SSSR count). The lowest BCUT2D eigenvalue weighted by Gasteiger charge is -2.28. The van der Waals surface area contributed by atoms with Crippen LogP contribution in [0, 0.1) is 5.92 Å². The van der Waals surface area contributed by atoms with Crippen molar-refractivity contribution < 1.29 is 22.2 Å². The average molecular weight is 301 g/mol. The normalized spacial score (nSPS) is 13.9. The molecule has 0 N–H and O–H groups in total. The fraction of sp³-hybridized carbons (Fsp3) is 0.917. The zero-order valence-corrected chi connectivity index (χ0v) is 12.6. The van der Waals surface area contributed by atoms with Crippen molar-refractivity contribution in [2.75, 3.05) is 18.1 Å². The topological polar surface area (TPSA) is 37.4 Å². The van der Waals surface area contributed by atoms with Crippen molar-refractivity contribution in [2.24, 2.45) is 5.92 Å². The second-order valence-corrected chi connectivity index (χ2v) is 6.76. The molecule has 7 heteroatoms. The molecule has 0 radical (unpaired) electrons. The Morgan fingerprint density at radius 3 is 2.11 bits per heavy atom. The van der Waals surface area contributed by atoms with Crippen molar-refractivity contribution in [3.8, 4) is 0 Å². The highest BCUT2D eigenvalue weighted by Crippen LogP contribution is 2.19. The number of carbonyl (C=O) groups excluding carboxylic acids is 1. The van der Waals surface area contributed by atoms with Crippen LogP contribution in [-0.2, 0) is 15.6 Å². The number of hydrogen-bond acceptors (Lipinski definition) is 2. The predicted octanol–water partition coefficient (Wildman–Crippen LogP) is 2.58. The zero-order chi connectivity index (χ0) is 15.2. The molecule has 0 aromatic carbocycles. The summed E-state index contributed by atoms with van der Waals surface area (Å²) in [6.07, 6.45) is -5.44. The Kier molecular flexibility index (Phi) is 7.62. The van der Waals surface area contributed by atoms with Gasteiger partial charge in [-0.15, -0.1) is 0 Å². The van der Waals surface area contributed by atoms with E-state index in [0.717, 1.165) is 0 Å². The highest BCUT2D eigenvalue weighted by Gasteiger charge is 2.28. The Morgan fingerprint density at radius 2 is 1.74 bits per heavy atom. The fourth-order valence-electron chi connectivity index (χ4n) is 1.52. The minimum absolute atomic E-state index is 0.0467. The number of halogens is 3. The Bertz CT molecular complexity index is 317. The lowest BCUT2D eigenvalue weighted by atomic mass is 10.2. The van der Waals surface area contributed by atoms with Gasteiger partial charge >= 0.3 is 6.18 Å². The minimum atomic E-state index is -4.33. The summed E-state index contributed by atoms with van der Waals surface area (Å²) in [6.45, 7) is 8.08. The van der Waals surface area contributed by atoms with Crippen LogP contribution in [0.5, 0.6) is 0 Å². The Balaban J connectivity index is 4.36. The van der Waals surface area contributed by atoms with Gasteiger partial charge in [0, 0.05) is 29.1 Å². The molecule has 114 valence electrons. The van der Waals surface area contributed by atoms with Crippen molar-refractivity contribution >= 4 is 16.7 Å². The number of nitrogens with zero attached hydrogens (tertiary/aromatic N) is 1. The largest absolute Gasteiger partial charge is 0.390 e. The van der Waals surface area contributed by atoms with Gasteiger partial charge in [-0.1, -0.05) is 13.8 Å². The van der Waals surface area contributed by atoms with E-state index in [9.17, 15) is 22.2 Å². The van der Waals surface area contributed by atoms with Crippen LogP contribution in [0.25, 0.3) is 0 Å². The van der Waals surface area contributed by atoms with Gasteiger partial charge in [0.1, 0.15) is 5.75 Å². The molecule has 0 fully saturated rings. The number of alkyl halides is 3. The fourth-order valence-corrected chi connectivity index (χ4v) is 2.56. The third-order valence-electron chi connectivity index (χ3n) is 2.40. The molecule has 3 nitrogen and oxygen atoms in total. The first kappa shape index (κ1) is 18.4. The maximum Gasteiger partial charge on any atom is 0.390 e. The summed E-state index contributed by atoms with van der Waals surface area (Å²) in [5, 5.41) is 0. The minimum Gasteiger partial charge on any atom is -0.339 e. The van der Waals surface area contributed by atoms with E-state index in [1.54, 1.807) is 4.90 Å². The van der Waals surface area contributed by atoms with Gasteiger partial charge < -0.3 is 4.90 Å². The highest BCUT2D eigenvalue weighted by molar-refractivity contribution is 7.85. The van der Waals surface area contributed by atoms with Crippen molar-refractivity contribution in [1.29, 1.82) is 0 Å². The summed E-state index contributed by atoms with van der Waals surface area (Å²) >= 11 is 0. The van der Waals surface area contributed by atoms with E-state index < -0.39 is 29.1 Å². The van der Waals surface area contributed by atoms with Gasteiger partial charge in [0.25, 0.3) is 0 Å². The van der Waals surface area contributed by atoms with E-state index in [2.05, 4.69) is 0 Å². The van der Waals surface area contributed by atoms with Gasteiger partial charge in [-0.2, -0.15) is 13.2 Å². The van der Waals surface area contributed by atoms with Crippen LogP contribution in [-0.4, -0.2) is 45.3 Å². The van der Waals surface area contributed by atoms with E-state index in [-0.39, 0.29) is 23.6 Å². The quantitative estimate of drug-likeness (QED) is 0.725. The van der Waals surface area contributed by atoms with Crippen LogP contribution in [0.1, 0.15) is 34.1 Å². The lowest BCUT2D eigenvalue weighted by Crippen LogP contribution is -2.42. The molecule has 1 atom stereocenters. The summed E-state index contributed by atoms with van der Waals surface area (Å²) in [5.41, 5.74) is 0. The van der Waals surface area contributed by atoms with Gasteiger partial charge in [-0.3, -0.25) is 9.00 Å². The summed E-state index contributed by atoms with van der Waals surface area (Å²) in [4.78, 5) is 13.5. The molecule has 0 aromatic rings. The molecule has 0 aliphatic heterocycles. The van der Waals surface area contributed by atoms with E-state index in [1.807, 2.05) is 27.7 Å². The Labute approximate surface area is 115 Å². The van der Waals surface area contributed by atoms with Gasteiger partial charge in [-0.25, -0.2) is 0 Å². The van der Waals surface area contributed by atoms with Gasteiger partial charge in [0.15, 0.2) is 0 Å². The molecule has 0 bridgehead atoms. The molecule has 0 aliphatic carbocycles. The first-order valence-corrected chi connectivity index (χ1v) is 7.73. The second-order valence-electron chi connectivity index (χ2n) is 5.19. The van der Waals surface area contributed by atoms with Gasteiger partial charge in [0.2, 0.25) is 5.91 Å². The summed E-state index contributed by atoms with van der Waals surface area (Å²) in [7, 11) is -1.76. The number of rotatable bonds is 7. The first-order valence-electron chi connectivity index (χ1n) is 6.24. The molecular formula is C12H22F3NO2S. The zero-order valence-electron chi connectivity index (χ0n) is 11.8. The predicted molar refractivity (Wildman–Crippen MR) is 70.2 cm³/mol. The van der Waals surface area contributed by atoms with Crippen molar-refractivity contribution in [3.05, 3.63) is 0 Å². The molecule has 0 aromatic heterocycles. The molecular weight excluding hydrogens is 279 g/mol. The molecule has 0 saturated heterocycles. The van der Waals surface area contributed by atoms with Crippen molar-refractivity contribution in [1.82, 2.24) is 4.90 Å². The highest BCUT2D eigenvalue weighted by atomic mass is 32.2. The lowest BCUT2D eigenvalue weighted by molar-refractivity contribution is -0.131. The van der Waals surface area contributed by atoms with Gasteiger partial charge in [0.05, 0.1) is 6.42 Å². The Morgan fingerprint density at radius 1 is 1.21 bits per heavy atom. The van der Waals surface area contributed by atoms with Crippen LogP contribution in [0.15, 0.2) is 0 Å². The number of carbonyl (C=O) groups is 1. The standard InChI is InChI=1S/C12H22F3NO2S/c1-9(2)7-16(10(3)4)11(17)8-19(18)6-5-12(13,14)15/h9-10H,5-8H2,1-4H3. The number of amides is 1. The summed E-state index contributed by atoms with van der Waals surface area (Å²) in [5.74, 6) is -0.928. The first-order chi connectivity index (χ1) is 8.53. The third-order valence-corrected chi connectivity index (χ3v) is 3.63. The maximum absolute atomic E-state index is 12.0. The second kappa shape index (κ2) is 7.87. The summed E-state index contributed by atoms with van der Waals surface area (Å²) < 4.78 is 47.4. The SMILES string of the molecule is CC(C)CN(C(=O)CS(=O)CCC(F)(F)F)C(C)C. The van der Waals surface area contributed by atoms with Crippen LogP contribution < -0.4 is 0 Å². The summed E-state index contributed by atoms with van der Waals surface area (Å²) in [6, 6.07) is -0.0467.